The molecule has 0 amide bonds. The number of carboxylic acid groups (broad SMARTS) is 2. The van der Waals surface area contributed by atoms with Gasteiger partial charge in [0, 0.05) is 36.0 Å². The lowest BCUT2D eigenvalue weighted by molar-refractivity contribution is -0.134. The number of rotatable bonds is 14. The van der Waals surface area contributed by atoms with E-state index in [1.165, 1.54) is 122 Å². The average Bonchev–Trinajstić information content (AvgIpc) is 3.87. The maximum atomic E-state index is 9.55. The number of hydrogen-bond acceptors (Lipinski definition) is 8. The van der Waals surface area contributed by atoms with Gasteiger partial charge in [-0.05, 0) is 188 Å². The van der Waals surface area contributed by atoms with Crippen LogP contribution in [0.5, 0.6) is 0 Å². The number of benzene rings is 4. The number of likely N-dealkylation sites (tertiary alicyclic amines) is 2. The lowest BCUT2D eigenvalue weighted by Crippen LogP contribution is -2.35. The molecular weight excluding hydrogens is 777 g/mol. The van der Waals surface area contributed by atoms with Crippen molar-refractivity contribution in [1.82, 2.24) is 20.1 Å². The van der Waals surface area contributed by atoms with Crippen LogP contribution in [0.3, 0.4) is 0 Å². The molecule has 2 aliphatic heterocycles. The van der Waals surface area contributed by atoms with Crippen LogP contribution in [0.1, 0.15) is 83.3 Å². The maximum absolute atomic E-state index is 9.55. The summed E-state index contributed by atoms with van der Waals surface area (Å²) in [5.74, 6) is -0.882. The van der Waals surface area contributed by atoms with E-state index in [1.54, 1.807) is 0 Å². The van der Waals surface area contributed by atoms with Crippen LogP contribution >= 0.6 is 0 Å². The molecule has 0 spiro atoms. The summed E-state index contributed by atoms with van der Waals surface area (Å²) >= 11 is 0. The van der Waals surface area contributed by atoms with Crippen LogP contribution in [0.4, 0.5) is 0 Å². The van der Waals surface area contributed by atoms with Gasteiger partial charge in [0.05, 0.1) is 11.4 Å². The number of hydrogen-bond donors (Lipinski definition) is 2. The molecule has 2 N–H and O–H groups in total. The predicted molar refractivity (Wildman–Crippen MR) is 247 cm³/mol. The second-order valence-corrected chi connectivity index (χ2v) is 17.3. The number of carbonyl (C=O) groups is 2. The standard InChI is InChI=1S/2C24H30N2O.C4H4O4/c2*1-18-16-22-23(25-27-24(22)17-19(18)2)9-8-21-11-14-26(15-12-21)13-10-20-6-4-3-5-7-20;5-3(6)1-2-4(7)8/h2*3-7,16-17,21H,8-15H2,1-2H3;1-2H,(H,5,6)(H,7,8)/b;;2-1-. The maximum Gasteiger partial charge on any atom is 0.328 e. The highest BCUT2D eigenvalue weighted by molar-refractivity contribution is 5.89. The lowest BCUT2D eigenvalue weighted by Gasteiger charge is -2.31. The number of nitrogens with zero attached hydrogens (tertiary/aromatic N) is 4. The second kappa shape index (κ2) is 23.0. The van der Waals surface area contributed by atoms with Gasteiger partial charge in [-0.15, -0.1) is 0 Å². The molecule has 2 aromatic heterocycles. The number of carboxylic acids is 2. The number of aliphatic carboxylic acids is 2. The Kier molecular flexibility index (Phi) is 17.1. The molecule has 0 atom stereocenters. The topological polar surface area (TPSA) is 133 Å². The van der Waals surface area contributed by atoms with Crippen LogP contribution in [0, 0.1) is 39.5 Å². The molecule has 10 nitrogen and oxygen atoms in total. The summed E-state index contributed by atoms with van der Waals surface area (Å²) in [5.41, 5.74) is 12.2. The Labute approximate surface area is 366 Å². The first-order valence-corrected chi connectivity index (χ1v) is 22.4. The van der Waals surface area contributed by atoms with Crippen LogP contribution in [-0.4, -0.2) is 81.5 Å². The Bertz CT molecular complexity index is 2190. The first kappa shape index (κ1) is 45.9. The van der Waals surface area contributed by atoms with Crippen molar-refractivity contribution < 1.29 is 28.8 Å². The van der Waals surface area contributed by atoms with Crippen molar-refractivity contribution in [3.05, 3.63) is 142 Å². The SMILES string of the molecule is Cc1cc2onc(CCC3CCN(CCc4ccccc4)CC3)c2cc1C.Cc1cc2onc(CCC3CCN(CCc4ccccc4)CC3)c2cc1C.O=C(O)/C=C\C(=O)O. The van der Waals surface area contributed by atoms with Crippen molar-refractivity contribution in [2.75, 3.05) is 39.3 Å². The number of fused-ring (bicyclic) bond motifs is 2. The van der Waals surface area contributed by atoms with Crippen LogP contribution in [0.2, 0.25) is 0 Å². The van der Waals surface area contributed by atoms with Gasteiger partial charge in [0.1, 0.15) is 0 Å². The minimum absolute atomic E-state index is 0.558. The quantitative estimate of drug-likeness (QED) is 0.102. The van der Waals surface area contributed by atoms with Gasteiger partial charge in [0.15, 0.2) is 11.2 Å². The Morgan fingerprint density at radius 2 is 0.919 bits per heavy atom. The molecule has 10 heteroatoms. The summed E-state index contributed by atoms with van der Waals surface area (Å²) in [6, 6.07) is 30.4. The molecule has 2 fully saturated rings. The first-order valence-electron chi connectivity index (χ1n) is 22.4. The molecule has 0 radical (unpaired) electrons. The van der Waals surface area contributed by atoms with Crippen molar-refractivity contribution in [2.24, 2.45) is 11.8 Å². The Balaban J connectivity index is 0.000000176. The van der Waals surface area contributed by atoms with E-state index in [0.29, 0.717) is 12.2 Å². The van der Waals surface area contributed by atoms with Gasteiger partial charge in [-0.25, -0.2) is 9.59 Å². The molecule has 4 aromatic carbocycles. The van der Waals surface area contributed by atoms with Gasteiger partial charge >= 0.3 is 11.9 Å². The predicted octanol–water partition coefficient (Wildman–Crippen LogP) is 10.4. The zero-order valence-corrected chi connectivity index (χ0v) is 37.0. The van der Waals surface area contributed by atoms with Crippen LogP contribution in [0.15, 0.2) is 106 Å². The summed E-state index contributed by atoms with van der Waals surface area (Å²) in [6.07, 6.45) is 13.2. The highest BCUT2D eigenvalue weighted by Crippen LogP contribution is 2.29. The molecule has 62 heavy (non-hydrogen) atoms. The van der Waals surface area contributed by atoms with Crippen LogP contribution in [0.25, 0.3) is 21.9 Å². The number of aryl methyl sites for hydroxylation is 6. The molecule has 8 rings (SSSR count). The van der Waals surface area contributed by atoms with Crippen molar-refractivity contribution in [3.63, 3.8) is 0 Å². The van der Waals surface area contributed by atoms with Crippen molar-refractivity contribution in [3.8, 4) is 0 Å². The summed E-state index contributed by atoms with van der Waals surface area (Å²) in [7, 11) is 0. The third-order valence-corrected chi connectivity index (χ3v) is 12.8. The molecular formula is C52H64N4O6. The van der Waals surface area contributed by atoms with Crippen LogP contribution in [-0.2, 0) is 35.3 Å². The monoisotopic (exact) mass is 840 g/mol. The minimum atomic E-state index is -1.26. The second-order valence-electron chi connectivity index (χ2n) is 17.3. The summed E-state index contributed by atoms with van der Waals surface area (Å²) in [4.78, 5) is 24.4. The molecule has 6 aromatic rings. The van der Waals surface area contributed by atoms with Gasteiger partial charge < -0.3 is 29.1 Å². The molecule has 2 aliphatic rings. The van der Waals surface area contributed by atoms with Crippen molar-refractivity contribution >= 4 is 33.9 Å². The van der Waals surface area contributed by atoms with Gasteiger partial charge in [-0.1, -0.05) is 71.0 Å². The van der Waals surface area contributed by atoms with Gasteiger partial charge in [-0.2, -0.15) is 0 Å². The third-order valence-electron chi connectivity index (χ3n) is 12.8. The smallest absolute Gasteiger partial charge is 0.328 e. The summed E-state index contributed by atoms with van der Waals surface area (Å²) in [6.45, 7) is 15.9. The van der Waals surface area contributed by atoms with E-state index in [2.05, 4.69) is 133 Å². The van der Waals surface area contributed by atoms with E-state index in [9.17, 15) is 9.59 Å². The van der Waals surface area contributed by atoms with E-state index in [4.69, 9.17) is 19.3 Å². The molecule has 0 aliphatic carbocycles. The highest BCUT2D eigenvalue weighted by Gasteiger charge is 2.22. The van der Waals surface area contributed by atoms with E-state index < -0.39 is 11.9 Å². The molecule has 2 saturated heterocycles. The molecule has 0 unspecified atom stereocenters. The minimum Gasteiger partial charge on any atom is -0.478 e. The fourth-order valence-electron chi connectivity index (χ4n) is 8.53. The molecule has 328 valence electrons. The molecule has 4 heterocycles. The third kappa shape index (κ3) is 14.0. The van der Waals surface area contributed by atoms with Gasteiger partial charge in [0.25, 0.3) is 0 Å². The fraction of sp³-hybridized carbons (Fsp3) is 0.423. The molecule has 0 bridgehead atoms. The van der Waals surface area contributed by atoms with E-state index >= 15 is 0 Å². The van der Waals surface area contributed by atoms with Crippen molar-refractivity contribution in [1.29, 1.82) is 0 Å². The summed E-state index contributed by atoms with van der Waals surface area (Å²) in [5, 5.41) is 26.7. The van der Waals surface area contributed by atoms with E-state index in [1.807, 2.05) is 0 Å². The van der Waals surface area contributed by atoms with E-state index in [-0.39, 0.29) is 0 Å². The number of aromatic nitrogens is 2. The van der Waals surface area contributed by atoms with Crippen molar-refractivity contribution in [2.45, 2.75) is 91.9 Å². The van der Waals surface area contributed by atoms with Gasteiger partial charge in [-0.3, -0.25) is 0 Å². The Morgan fingerprint density at radius 1 is 0.565 bits per heavy atom. The zero-order valence-electron chi connectivity index (χ0n) is 37.0. The lowest BCUT2D eigenvalue weighted by atomic mass is 9.91. The average molecular weight is 841 g/mol. The Morgan fingerprint density at radius 3 is 1.27 bits per heavy atom. The van der Waals surface area contributed by atoms with Gasteiger partial charge in [0.2, 0.25) is 0 Å². The fourth-order valence-corrected chi connectivity index (χ4v) is 8.53. The normalized spacial score (nSPS) is 15.4. The Hall–Kier alpha value is -5.58. The first-order chi connectivity index (χ1) is 30.0. The zero-order chi connectivity index (χ0) is 43.8. The summed E-state index contributed by atoms with van der Waals surface area (Å²) < 4.78 is 11.1. The largest absolute Gasteiger partial charge is 0.478 e. The molecule has 0 saturated carbocycles. The van der Waals surface area contributed by atoms with E-state index in [0.717, 1.165) is 60.1 Å². The highest BCUT2D eigenvalue weighted by atomic mass is 16.5. The van der Waals surface area contributed by atoms with Crippen LogP contribution < -0.4 is 0 Å². The number of piperidine rings is 2.